The molecule has 2 heterocycles. The van der Waals surface area contributed by atoms with E-state index in [2.05, 4.69) is 10.1 Å². The van der Waals surface area contributed by atoms with E-state index in [9.17, 15) is 9.59 Å². The van der Waals surface area contributed by atoms with Crippen LogP contribution in [0, 0.1) is 0 Å². The lowest BCUT2D eigenvalue weighted by Crippen LogP contribution is -2.50. The van der Waals surface area contributed by atoms with Gasteiger partial charge < -0.3 is 25.0 Å². The SMILES string of the molecule is COC1=NOC(CN(C(=O)OCc2ccccc2)C(=O)[C@@H](N)Cc2c[nH]c3ccccc23)C1. The number of oxime groups is 1. The first-order valence-electron chi connectivity index (χ1n) is 10.6. The molecule has 0 bridgehead atoms. The third-order valence-corrected chi connectivity index (χ3v) is 5.45. The Labute approximate surface area is 191 Å². The molecule has 1 aliphatic rings. The van der Waals surface area contributed by atoms with Crippen molar-refractivity contribution in [3.63, 3.8) is 0 Å². The van der Waals surface area contributed by atoms with Crippen LogP contribution in [0.4, 0.5) is 4.79 Å². The second-order valence-corrected chi connectivity index (χ2v) is 7.78. The van der Waals surface area contributed by atoms with Gasteiger partial charge >= 0.3 is 6.09 Å². The van der Waals surface area contributed by atoms with Gasteiger partial charge in [0.25, 0.3) is 0 Å². The van der Waals surface area contributed by atoms with Gasteiger partial charge in [0.2, 0.25) is 11.8 Å². The molecule has 3 N–H and O–H groups in total. The number of nitrogens with one attached hydrogen (secondary N) is 1. The molecule has 0 fully saturated rings. The van der Waals surface area contributed by atoms with Gasteiger partial charge in [0, 0.05) is 17.1 Å². The summed E-state index contributed by atoms with van der Waals surface area (Å²) in [7, 11) is 1.48. The lowest BCUT2D eigenvalue weighted by atomic mass is 10.0. The van der Waals surface area contributed by atoms with Crippen LogP contribution < -0.4 is 5.73 Å². The third-order valence-electron chi connectivity index (χ3n) is 5.45. The van der Waals surface area contributed by atoms with Crippen LogP contribution in [0.25, 0.3) is 10.9 Å². The average Bonchev–Trinajstić information content (AvgIpc) is 3.48. The maximum atomic E-state index is 13.3. The lowest BCUT2D eigenvalue weighted by molar-refractivity contribution is -0.132. The van der Waals surface area contributed by atoms with Crippen molar-refractivity contribution in [2.24, 2.45) is 10.9 Å². The monoisotopic (exact) mass is 450 g/mol. The average molecular weight is 450 g/mol. The molecule has 0 aliphatic carbocycles. The fourth-order valence-corrected chi connectivity index (χ4v) is 3.70. The second-order valence-electron chi connectivity index (χ2n) is 7.78. The maximum absolute atomic E-state index is 13.3. The van der Waals surface area contributed by atoms with Crippen LogP contribution in [0.15, 0.2) is 65.9 Å². The molecule has 3 aromatic rings. The Kier molecular flexibility index (Phi) is 6.89. The molecule has 172 valence electrons. The molecule has 2 amide bonds. The minimum Gasteiger partial charge on any atom is -0.482 e. The van der Waals surface area contributed by atoms with Crippen molar-refractivity contribution in [1.82, 2.24) is 9.88 Å². The first-order chi connectivity index (χ1) is 16.0. The first kappa shape index (κ1) is 22.3. The molecule has 0 saturated heterocycles. The molecule has 9 nitrogen and oxygen atoms in total. The van der Waals surface area contributed by atoms with Gasteiger partial charge in [0.05, 0.1) is 26.1 Å². The van der Waals surface area contributed by atoms with E-state index in [1.54, 1.807) is 0 Å². The number of methoxy groups -OCH3 is 1. The zero-order valence-electron chi connectivity index (χ0n) is 18.3. The highest BCUT2D eigenvalue weighted by atomic mass is 16.7. The number of ether oxygens (including phenoxy) is 2. The molecule has 1 aromatic heterocycles. The Bertz CT molecular complexity index is 1140. The van der Waals surface area contributed by atoms with Crippen molar-refractivity contribution in [3.05, 3.63) is 71.9 Å². The summed E-state index contributed by atoms with van der Waals surface area (Å²) in [5.74, 6) is -0.152. The Hall–Kier alpha value is -3.85. The number of hydrogen-bond acceptors (Lipinski definition) is 7. The zero-order chi connectivity index (χ0) is 23.2. The standard InChI is InChI=1S/C24H26N4O5/c1-31-22-12-18(33-27-22)14-28(24(30)32-15-16-7-3-2-4-8-16)23(29)20(25)11-17-13-26-21-10-6-5-9-19(17)21/h2-10,13,18,20,26H,11-12,14-15,25H2,1H3/t18?,20-/m0/s1. The zero-order valence-corrected chi connectivity index (χ0v) is 18.3. The minimum absolute atomic E-state index is 0.0342. The Morgan fingerprint density at radius 1 is 1.21 bits per heavy atom. The van der Waals surface area contributed by atoms with Crippen molar-refractivity contribution in [2.45, 2.75) is 31.6 Å². The van der Waals surface area contributed by atoms with Crippen molar-refractivity contribution < 1.29 is 23.9 Å². The highest BCUT2D eigenvalue weighted by Gasteiger charge is 2.34. The van der Waals surface area contributed by atoms with Crippen molar-refractivity contribution >= 4 is 28.8 Å². The van der Waals surface area contributed by atoms with E-state index in [1.807, 2.05) is 60.8 Å². The number of amides is 2. The molecule has 0 radical (unpaired) electrons. The number of carbonyl (C=O) groups is 2. The van der Waals surface area contributed by atoms with Crippen molar-refractivity contribution in [2.75, 3.05) is 13.7 Å². The van der Waals surface area contributed by atoms with Crippen molar-refractivity contribution in [1.29, 1.82) is 0 Å². The van der Waals surface area contributed by atoms with Crippen LogP contribution in [-0.4, -0.2) is 53.6 Å². The van der Waals surface area contributed by atoms with Crippen molar-refractivity contribution in [3.8, 4) is 0 Å². The van der Waals surface area contributed by atoms with E-state index in [1.165, 1.54) is 7.11 Å². The summed E-state index contributed by atoms with van der Waals surface area (Å²) >= 11 is 0. The van der Waals surface area contributed by atoms with Crippen LogP contribution in [0.2, 0.25) is 0 Å². The van der Waals surface area contributed by atoms with Crippen LogP contribution >= 0.6 is 0 Å². The predicted molar refractivity (Wildman–Crippen MR) is 122 cm³/mol. The van der Waals surface area contributed by atoms with Gasteiger partial charge in [-0.1, -0.05) is 53.7 Å². The number of nitrogens with two attached hydrogens (primary N) is 1. The van der Waals surface area contributed by atoms with Gasteiger partial charge in [-0.15, -0.1) is 0 Å². The number of nitrogens with zero attached hydrogens (tertiary/aromatic N) is 2. The van der Waals surface area contributed by atoms with E-state index in [-0.39, 0.29) is 19.6 Å². The number of H-pyrrole nitrogens is 1. The van der Waals surface area contributed by atoms with Crippen LogP contribution in [0.3, 0.4) is 0 Å². The number of imide groups is 1. The summed E-state index contributed by atoms with van der Waals surface area (Å²) in [6.45, 7) is -0.0170. The first-order valence-corrected chi connectivity index (χ1v) is 10.6. The third kappa shape index (κ3) is 5.32. The quantitative estimate of drug-likeness (QED) is 0.571. The summed E-state index contributed by atoms with van der Waals surface area (Å²) in [6, 6.07) is 16.0. The van der Waals surface area contributed by atoms with Crippen LogP contribution in [-0.2, 0) is 32.1 Å². The highest BCUT2D eigenvalue weighted by Crippen LogP contribution is 2.20. The van der Waals surface area contributed by atoms with Gasteiger partial charge in [-0.05, 0) is 23.6 Å². The number of hydrogen-bond donors (Lipinski definition) is 2. The number of aromatic nitrogens is 1. The molecular formula is C24H26N4O5. The molecule has 1 aliphatic heterocycles. The number of carbonyl (C=O) groups excluding carboxylic acids is 2. The largest absolute Gasteiger partial charge is 0.482 e. The highest BCUT2D eigenvalue weighted by molar-refractivity contribution is 5.95. The van der Waals surface area contributed by atoms with E-state index in [0.717, 1.165) is 26.9 Å². The van der Waals surface area contributed by atoms with Gasteiger partial charge in [0.1, 0.15) is 6.61 Å². The molecule has 33 heavy (non-hydrogen) atoms. The molecule has 9 heteroatoms. The normalized spacial score (nSPS) is 16.1. The molecular weight excluding hydrogens is 424 g/mol. The topological polar surface area (TPSA) is 119 Å². The van der Waals surface area contributed by atoms with Gasteiger partial charge in [-0.2, -0.15) is 0 Å². The number of aromatic amines is 1. The fourth-order valence-electron chi connectivity index (χ4n) is 3.70. The summed E-state index contributed by atoms with van der Waals surface area (Å²) < 4.78 is 10.5. The van der Waals surface area contributed by atoms with E-state index >= 15 is 0 Å². The minimum atomic E-state index is -0.947. The smallest absolute Gasteiger partial charge is 0.417 e. The maximum Gasteiger partial charge on any atom is 0.417 e. The molecule has 0 saturated carbocycles. The number of benzene rings is 2. The number of para-hydroxylation sites is 1. The summed E-state index contributed by atoms with van der Waals surface area (Å²) in [5, 5.41) is 4.79. The molecule has 2 aromatic carbocycles. The van der Waals surface area contributed by atoms with Gasteiger partial charge in [-0.25, -0.2) is 9.69 Å². The molecule has 4 rings (SSSR count). The predicted octanol–water partition coefficient (Wildman–Crippen LogP) is 2.95. The molecule has 0 spiro atoms. The summed E-state index contributed by atoms with van der Waals surface area (Å²) in [5.41, 5.74) is 8.92. The van der Waals surface area contributed by atoms with E-state index < -0.39 is 24.1 Å². The molecule has 1 unspecified atom stereocenters. The van der Waals surface area contributed by atoms with Gasteiger partial charge in [0.15, 0.2) is 6.10 Å². The summed E-state index contributed by atoms with van der Waals surface area (Å²) in [4.78, 5) is 35.7. The van der Waals surface area contributed by atoms with E-state index in [4.69, 9.17) is 20.0 Å². The fraction of sp³-hybridized carbons (Fsp3) is 0.292. The number of fused-ring (bicyclic) bond motifs is 1. The number of rotatable bonds is 7. The second kappa shape index (κ2) is 10.2. The van der Waals surface area contributed by atoms with Crippen LogP contribution in [0.5, 0.6) is 0 Å². The van der Waals surface area contributed by atoms with Gasteiger partial charge in [-0.3, -0.25) is 4.79 Å². The summed E-state index contributed by atoms with van der Waals surface area (Å²) in [6.07, 6.45) is 1.11. The Balaban J connectivity index is 1.47. The molecule has 2 atom stereocenters. The Morgan fingerprint density at radius 3 is 2.73 bits per heavy atom. The Morgan fingerprint density at radius 2 is 1.97 bits per heavy atom. The van der Waals surface area contributed by atoms with E-state index in [0.29, 0.717) is 12.3 Å². The lowest BCUT2D eigenvalue weighted by Gasteiger charge is -2.25. The van der Waals surface area contributed by atoms with Crippen LogP contribution in [0.1, 0.15) is 17.5 Å².